The van der Waals surface area contributed by atoms with E-state index >= 15 is 0 Å². The van der Waals surface area contributed by atoms with Gasteiger partial charge in [-0.05, 0) is 41.4 Å². The van der Waals surface area contributed by atoms with E-state index in [1.807, 2.05) is 21.6 Å². The third kappa shape index (κ3) is 3.11. The zero-order valence-electron chi connectivity index (χ0n) is 16.8. The number of amides is 1. The number of fused-ring (bicyclic) bond motifs is 2. The number of imidazole rings is 1. The van der Waals surface area contributed by atoms with Crippen molar-refractivity contribution in [1.29, 1.82) is 0 Å². The maximum atomic E-state index is 12.7. The van der Waals surface area contributed by atoms with Crippen LogP contribution in [-0.2, 0) is 18.4 Å². The van der Waals surface area contributed by atoms with Gasteiger partial charge < -0.3 is 4.90 Å². The Balaban J connectivity index is 1.68. The van der Waals surface area contributed by atoms with Gasteiger partial charge in [0.25, 0.3) is 0 Å². The molecule has 2 aliphatic rings. The van der Waals surface area contributed by atoms with Gasteiger partial charge in [0.2, 0.25) is 5.91 Å². The van der Waals surface area contributed by atoms with E-state index in [-0.39, 0.29) is 17.0 Å². The molecule has 1 fully saturated rings. The lowest BCUT2D eigenvalue weighted by molar-refractivity contribution is -0.128. The molecule has 2 aromatic heterocycles. The number of carbonyl (C=O) groups is 1. The first-order valence-corrected chi connectivity index (χ1v) is 9.67. The molecule has 0 N–H and O–H groups in total. The first-order valence-electron chi connectivity index (χ1n) is 9.67. The van der Waals surface area contributed by atoms with Gasteiger partial charge >= 0.3 is 5.69 Å². The second-order valence-corrected chi connectivity index (χ2v) is 9.27. The average Bonchev–Trinajstić information content (AvgIpc) is 3.21. The Kier molecular flexibility index (Phi) is 4.05. The predicted molar refractivity (Wildman–Crippen MR) is 106 cm³/mol. The second-order valence-electron chi connectivity index (χ2n) is 9.27. The number of aromatic nitrogens is 3. The number of pyridine rings is 1. The van der Waals surface area contributed by atoms with Crippen LogP contribution in [0.25, 0.3) is 16.7 Å². The SMILES string of the molecule is CC(=O)N1CC2C=C(c3ccc4c(n3)n(C)c(=O)n4CC(C)(C)C)CC2C1. The first kappa shape index (κ1) is 18.0. The number of allylic oxidation sites excluding steroid dienone is 1. The van der Waals surface area contributed by atoms with Crippen molar-refractivity contribution in [2.75, 3.05) is 13.1 Å². The van der Waals surface area contributed by atoms with Crippen LogP contribution >= 0.6 is 0 Å². The summed E-state index contributed by atoms with van der Waals surface area (Å²) in [5.74, 6) is 1.08. The summed E-state index contributed by atoms with van der Waals surface area (Å²) in [6.45, 7) is 10.3. The number of carbonyl (C=O) groups excluding carboxylic acids is 1. The molecule has 1 saturated heterocycles. The van der Waals surface area contributed by atoms with Crippen molar-refractivity contribution in [3.63, 3.8) is 0 Å². The Bertz CT molecular complexity index is 1010. The lowest BCUT2D eigenvalue weighted by Gasteiger charge is -2.18. The van der Waals surface area contributed by atoms with Gasteiger partial charge in [0, 0.05) is 33.6 Å². The number of nitrogens with zero attached hydrogens (tertiary/aromatic N) is 4. The Morgan fingerprint density at radius 1 is 1.26 bits per heavy atom. The van der Waals surface area contributed by atoms with Crippen molar-refractivity contribution >= 4 is 22.6 Å². The summed E-state index contributed by atoms with van der Waals surface area (Å²) >= 11 is 0. The van der Waals surface area contributed by atoms with Gasteiger partial charge in [0.05, 0.1) is 11.2 Å². The van der Waals surface area contributed by atoms with Crippen LogP contribution in [0.15, 0.2) is 23.0 Å². The predicted octanol–water partition coefficient (Wildman–Crippen LogP) is 2.66. The molecule has 27 heavy (non-hydrogen) atoms. The molecule has 1 aliphatic carbocycles. The van der Waals surface area contributed by atoms with E-state index in [2.05, 4.69) is 26.8 Å². The fourth-order valence-corrected chi connectivity index (χ4v) is 4.44. The lowest BCUT2D eigenvalue weighted by Crippen LogP contribution is -2.27. The molecule has 6 nitrogen and oxygen atoms in total. The first-order chi connectivity index (χ1) is 12.6. The fraction of sp³-hybridized carbons (Fsp3) is 0.571. The van der Waals surface area contributed by atoms with Crippen LogP contribution < -0.4 is 5.69 Å². The zero-order chi connectivity index (χ0) is 19.5. The minimum absolute atomic E-state index is 0.0149. The molecule has 2 aromatic rings. The van der Waals surface area contributed by atoms with Crippen molar-refractivity contribution in [3.05, 3.63) is 34.4 Å². The van der Waals surface area contributed by atoms with Crippen molar-refractivity contribution in [1.82, 2.24) is 19.0 Å². The van der Waals surface area contributed by atoms with Gasteiger partial charge in [0.15, 0.2) is 5.65 Å². The number of hydrogen-bond donors (Lipinski definition) is 0. The minimum atomic E-state index is -0.0149. The lowest BCUT2D eigenvalue weighted by atomic mass is 9.97. The van der Waals surface area contributed by atoms with Crippen molar-refractivity contribution in [3.8, 4) is 0 Å². The summed E-state index contributed by atoms with van der Waals surface area (Å²) in [7, 11) is 1.79. The largest absolute Gasteiger partial charge is 0.342 e. The molecule has 2 unspecified atom stereocenters. The summed E-state index contributed by atoms with van der Waals surface area (Å²) in [6.07, 6.45) is 3.23. The molecular weight excluding hydrogens is 340 g/mol. The van der Waals surface area contributed by atoms with Crippen LogP contribution in [0.4, 0.5) is 0 Å². The number of hydrogen-bond acceptors (Lipinski definition) is 3. The monoisotopic (exact) mass is 368 g/mol. The summed E-state index contributed by atoms with van der Waals surface area (Å²) in [6, 6.07) is 4.07. The Hall–Kier alpha value is -2.37. The minimum Gasteiger partial charge on any atom is -0.342 e. The average molecular weight is 368 g/mol. The van der Waals surface area contributed by atoms with Gasteiger partial charge in [-0.15, -0.1) is 0 Å². The van der Waals surface area contributed by atoms with E-state index in [1.54, 1.807) is 18.5 Å². The summed E-state index contributed by atoms with van der Waals surface area (Å²) in [5.41, 5.74) is 3.83. The van der Waals surface area contributed by atoms with Crippen LogP contribution in [-0.4, -0.2) is 38.0 Å². The van der Waals surface area contributed by atoms with Crippen LogP contribution in [0.1, 0.15) is 39.8 Å². The summed E-state index contributed by atoms with van der Waals surface area (Å²) < 4.78 is 3.48. The highest BCUT2D eigenvalue weighted by Gasteiger charge is 2.37. The Morgan fingerprint density at radius 3 is 2.63 bits per heavy atom. The molecular formula is C21H28N4O2. The number of aryl methyl sites for hydroxylation is 1. The maximum Gasteiger partial charge on any atom is 0.330 e. The normalized spacial score (nSPS) is 22.4. The van der Waals surface area contributed by atoms with E-state index in [1.165, 1.54) is 5.57 Å². The van der Waals surface area contributed by atoms with Crippen LogP contribution in [0.2, 0.25) is 0 Å². The number of likely N-dealkylation sites (tertiary alicyclic amines) is 1. The molecule has 0 bridgehead atoms. The highest BCUT2D eigenvalue weighted by Crippen LogP contribution is 2.40. The van der Waals surface area contributed by atoms with Crippen molar-refractivity contribution < 1.29 is 4.79 Å². The quantitative estimate of drug-likeness (QED) is 0.819. The van der Waals surface area contributed by atoms with E-state index < -0.39 is 0 Å². The van der Waals surface area contributed by atoms with Gasteiger partial charge in [0.1, 0.15) is 0 Å². The van der Waals surface area contributed by atoms with Crippen molar-refractivity contribution in [2.45, 2.75) is 40.7 Å². The highest BCUT2D eigenvalue weighted by molar-refractivity contribution is 5.77. The Labute approximate surface area is 159 Å². The smallest absolute Gasteiger partial charge is 0.330 e. The molecule has 144 valence electrons. The molecule has 2 atom stereocenters. The third-order valence-electron chi connectivity index (χ3n) is 5.78. The van der Waals surface area contributed by atoms with E-state index in [4.69, 9.17) is 4.98 Å². The van der Waals surface area contributed by atoms with Crippen LogP contribution in [0, 0.1) is 17.3 Å². The highest BCUT2D eigenvalue weighted by atomic mass is 16.2. The molecule has 0 saturated carbocycles. The molecule has 6 heteroatoms. The molecule has 0 aromatic carbocycles. The third-order valence-corrected chi connectivity index (χ3v) is 5.78. The topological polar surface area (TPSA) is 60.1 Å². The summed E-state index contributed by atoms with van der Waals surface area (Å²) in [4.78, 5) is 31.1. The van der Waals surface area contributed by atoms with Crippen LogP contribution in [0.3, 0.4) is 0 Å². The molecule has 3 heterocycles. The molecule has 1 amide bonds. The molecule has 4 rings (SSSR count). The van der Waals surface area contributed by atoms with E-state index in [0.29, 0.717) is 18.4 Å². The van der Waals surface area contributed by atoms with Gasteiger partial charge in [-0.3, -0.25) is 13.9 Å². The van der Waals surface area contributed by atoms with E-state index in [0.717, 1.165) is 36.4 Å². The van der Waals surface area contributed by atoms with Gasteiger partial charge in [-0.1, -0.05) is 26.8 Å². The second kappa shape index (κ2) is 6.08. The van der Waals surface area contributed by atoms with E-state index in [9.17, 15) is 9.59 Å². The molecule has 0 spiro atoms. The van der Waals surface area contributed by atoms with Crippen molar-refractivity contribution in [2.24, 2.45) is 24.3 Å². The van der Waals surface area contributed by atoms with Gasteiger partial charge in [-0.25, -0.2) is 9.78 Å². The zero-order valence-corrected chi connectivity index (χ0v) is 16.8. The summed E-state index contributed by atoms with van der Waals surface area (Å²) in [5, 5.41) is 0. The molecule has 0 radical (unpaired) electrons. The van der Waals surface area contributed by atoms with Crippen LogP contribution in [0.5, 0.6) is 0 Å². The van der Waals surface area contributed by atoms with Gasteiger partial charge in [-0.2, -0.15) is 0 Å². The fourth-order valence-electron chi connectivity index (χ4n) is 4.44. The Morgan fingerprint density at radius 2 is 2.00 bits per heavy atom. The molecule has 1 aliphatic heterocycles. The standard InChI is InChI=1S/C21H28N4O2/c1-13(26)24-10-15-8-14(9-16(15)11-24)17-6-7-18-19(22-17)23(5)20(27)25(18)12-21(2,3)4/h6-8,15-16H,9-12H2,1-5H3. The number of rotatable bonds is 2. The maximum absolute atomic E-state index is 12.7.